The van der Waals surface area contributed by atoms with Crippen LogP contribution in [0.5, 0.6) is 0 Å². The van der Waals surface area contributed by atoms with E-state index in [0.717, 1.165) is 18.3 Å². The van der Waals surface area contributed by atoms with Crippen LogP contribution in [0.15, 0.2) is 0 Å². The number of hydrogen-bond donors (Lipinski definition) is 2. The van der Waals surface area contributed by atoms with Gasteiger partial charge < -0.3 is 10.4 Å². The predicted molar refractivity (Wildman–Crippen MR) is 81.6 cm³/mol. The van der Waals surface area contributed by atoms with Crippen molar-refractivity contribution in [1.29, 1.82) is 0 Å². The molecule has 3 aliphatic carbocycles. The normalized spacial score (nSPS) is 56.1. The molecule has 2 unspecified atom stereocenters. The van der Waals surface area contributed by atoms with Gasteiger partial charge in [-0.1, -0.05) is 20.3 Å². The molecule has 4 rings (SSSR count). The summed E-state index contributed by atoms with van der Waals surface area (Å²) >= 11 is 0. The standard InChI is InChI=1S/C18H29NO2/c1-17-8-3-4-12(17)11-5-6-15-18(2,13(11)7-9-17)10-14(20)16(21)19-15/h11-15,20H,3-10H2,1-2H3,(H,19,21)/t11-,12-,13-,14?,15?,17-,18+/m0/s1. The second-order valence-corrected chi connectivity index (χ2v) is 8.83. The fourth-order valence-electron chi connectivity index (χ4n) is 6.76. The monoisotopic (exact) mass is 291 g/mol. The highest BCUT2D eigenvalue weighted by atomic mass is 16.3. The molecule has 3 heteroatoms. The average Bonchev–Trinajstić information content (AvgIpc) is 2.82. The SMILES string of the molecule is C[C@@]12CCC[C@H]1[C@@H]1CCC3NC(=O)C(O)C[C@]3(C)[C@H]1CC2. The van der Waals surface area contributed by atoms with Gasteiger partial charge in [-0.3, -0.25) is 4.79 Å². The van der Waals surface area contributed by atoms with E-state index < -0.39 is 6.10 Å². The first-order valence-corrected chi connectivity index (χ1v) is 8.92. The van der Waals surface area contributed by atoms with Crippen molar-refractivity contribution in [3.63, 3.8) is 0 Å². The molecule has 4 fully saturated rings. The zero-order chi connectivity index (χ0) is 14.8. The Bertz CT molecular complexity index is 464. The van der Waals surface area contributed by atoms with Crippen LogP contribution in [0.3, 0.4) is 0 Å². The Morgan fingerprint density at radius 3 is 2.71 bits per heavy atom. The maximum Gasteiger partial charge on any atom is 0.249 e. The van der Waals surface area contributed by atoms with E-state index in [4.69, 9.17) is 0 Å². The lowest BCUT2D eigenvalue weighted by molar-refractivity contribution is -0.150. The largest absolute Gasteiger partial charge is 0.383 e. The van der Waals surface area contributed by atoms with Crippen LogP contribution < -0.4 is 5.32 Å². The Hall–Kier alpha value is -0.570. The number of aliphatic hydroxyl groups is 1. The fourth-order valence-corrected chi connectivity index (χ4v) is 6.76. The number of fused-ring (bicyclic) bond motifs is 5. The summed E-state index contributed by atoms with van der Waals surface area (Å²) in [7, 11) is 0. The Balaban J connectivity index is 1.65. The molecule has 0 spiro atoms. The lowest BCUT2D eigenvalue weighted by Gasteiger charge is -2.60. The molecule has 3 saturated carbocycles. The van der Waals surface area contributed by atoms with Crippen molar-refractivity contribution < 1.29 is 9.90 Å². The van der Waals surface area contributed by atoms with Crippen molar-refractivity contribution in [3.05, 3.63) is 0 Å². The molecule has 0 aromatic rings. The van der Waals surface area contributed by atoms with Crippen LogP contribution in [-0.2, 0) is 4.79 Å². The highest BCUT2D eigenvalue weighted by Crippen LogP contribution is 2.63. The van der Waals surface area contributed by atoms with E-state index in [0.29, 0.717) is 23.8 Å². The maximum absolute atomic E-state index is 11.8. The number of aliphatic hydroxyl groups excluding tert-OH is 1. The van der Waals surface area contributed by atoms with E-state index in [9.17, 15) is 9.90 Å². The van der Waals surface area contributed by atoms with Crippen LogP contribution in [0.4, 0.5) is 0 Å². The summed E-state index contributed by atoms with van der Waals surface area (Å²) in [5.74, 6) is 2.28. The molecule has 0 radical (unpaired) electrons. The summed E-state index contributed by atoms with van der Waals surface area (Å²) in [6.45, 7) is 4.86. The van der Waals surface area contributed by atoms with Crippen LogP contribution in [-0.4, -0.2) is 23.2 Å². The second-order valence-electron chi connectivity index (χ2n) is 8.83. The molecule has 7 atom stereocenters. The molecule has 3 nitrogen and oxygen atoms in total. The van der Waals surface area contributed by atoms with Crippen molar-refractivity contribution in [2.45, 2.75) is 77.4 Å². The van der Waals surface area contributed by atoms with Crippen molar-refractivity contribution >= 4 is 5.91 Å². The van der Waals surface area contributed by atoms with Gasteiger partial charge in [-0.2, -0.15) is 0 Å². The molecule has 0 aromatic carbocycles. The number of carbonyl (C=O) groups excluding carboxylic acids is 1. The fraction of sp³-hybridized carbons (Fsp3) is 0.944. The van der Waals surface area contributed by atoms with E-state index in [1.807, 2.05) is 0 Å². The zero-order valence-electron chi connectivity index (χ0n) is 13.4. The molecule has 4 aliphatic rings. The first kappa shape index (κ1) is 14.0. The zero-order valence-corrected chi connectivity index (χ0v) is 13.4. The van der Waals surface area contributed by atoms with Gasteiger partial charge in [0.05, 0.1) is 0 Å². The minimum Gasteiger partial charge on any atom is -0.383 e. The number of amides is 1. The molecule has 118 valence electrons. The smallest absolute Gasteiger partial charge is 0.249 e. The number of carbonyl (C=O) groups is 1. The number of rotatable bonds is 0. The Kier molecular flexibility index (Phi) is 2.99. The van der Waals surface area contributed by atoms with Crippen molar-refractivity contribution in [1.82, 2.24) is 5.32 Å². The van der Waals surface area contributed by atoms with Crippen LogP contribution in [0.1, 0.15) is 65.2 Å². The van der Waals surface area contributed by atoms with Crippen LogP contribution in [0.2, 0.25) is 0 Å². The molecular formula is C18H29NO2. The minimum atomic E-state index is -0.790. The summed E-state index contributed by atoms with van der Waals surface area (Å²) < 4.78 is 0. The quantitative estimate of drug-likeness (QED) is 0.721. The van der Waals surface area contributed by atoms with Gasteiger partial charge in [0, 0.05) is 6.04 Å². The van der Waals surface area contributed by atoms with Crippen molar-refractivity contribution in [2.75, 3.05) is 0 Å². The third-order valence-corrected chi connectivity index (χ3v) is 7.90. The van der Waals surface area contributed by atoms with Crippen LogP contribution >= 0.6 is 0 Å². The van der Waals surface area contributed by atoms with Crippen LogP contribution in [0, 0.1) is 28.6 Å². The number of piperidine rings is 1. The van der Waals surface area contributed by atoms with E-state index in [1.54, 1.807) is 0 Å². The van der Waals surface area contributed by atoms with Gasteiger partial charge in [-0.15, -0.1) is 0 Å². The van der Waals surface area contributed by atoms with Gasteiger partial charge in [0.1, 0.15) is 6.10 Å². The molecule has 0 bridgehead atoms. The summed E-state index contributed by atoms with van der Waals surface area (Å²) in [6, 6.07) is 0.292. The third kappa shape index (κ3) is 1.85. The highest BCUT2D eigenvalue weighted by Gasteiger charge is 2.59. The van der Waals surface area contributed by atoms with E-state index in [1.165, 1.54) is 38.5 Å². The van der Waals surface area contributed by atoms with Gasteiger partial charge >= 0.3 is 0 Å². The summed E-state index contributed by atoms with van der Waals surface area (Å²) in [5, 5.41) is 13.2. The average molecular weight is 291 g/mol. The Morgan fingerprint density at radius 1 is 1.10 bits per heavy atom. The molecule has 2 N–H and O–H groups in total. The molecule has 1 aliphatic heterocycles. The Labute approximate surface area is 127 Å². The molecule has 1 saturated heterocycles. The first-order chi connectivity index (χ1) is 9.94. The molecule has 1 amide bonds. The second kappa shape index (κ2) is 4.47. The van der Waals surface area contributed by atoms with E-state index >= 15 is 0 Å². The van der Waals surface area contributed by atoms with Crippen molar-refractivity contribution in [3.8, 4) is 0 Å². The molecule has 1 heterocycles. The molecule has 0 aromatic heterocycles. The third-order valence-electron chi connectivity index (χ3n) is 7.90. The van der Waals surface area contributed by atoms with Gasteiger partial charge in [0.15, 0.2) is 0 Å². The van der Waals surface area contributed by atoms with E-state index in [2.05, 4.69) is 19.2 Å². The molecular weight excluding hydrogens is 262 g/mol. The van der Waals surface area contributed by atoms with Crippen molar-refractivity contribution in [2.24, 2.45) is 28.6 Å². The van der Waals surface area contributed by atoms with Crippen LogP contribution in [0.25, 0.3) is 0 Å². The van der Waals surface area contributed by atoms with Gasteiger partial charge in [0.2, 0.25) is 5.91 Å². The lowest BCUT2D eigenvalue weighted by atomic mass is 9.47. The summed E-state index contributed by atoms with van der Waals surface area (Å²) in [4.78, 5) is 11.8. The van der Waals surface area contributed by atoms with Gasteiger partial charge in [0.25, 0.3) is 0 Å². The minimum absolute atomic E-state index is 0.111. The molecule has 21 heavy (non-hydrogen) atoms. The topological polar surface area (TPSA) is 49.3 Å². The highest BCUT2D eigenvalue weighted by molar-refractivity contribution is 5.82. The lowest BCUT2D eigenvalue weighted by Crippen LogP contribution is -2.64. The summed E-state index contributed by atoms with van der Waals surface area (Å²) in [6.07, 6.45) is 9.16. The number of hydrogen-bond acceptors (Lipinski definition) is 2. The Morgan fingerprint density at radius 2 is 1.90 bits per heavy atom. The predicted octanol–water partition coefficient (Wildman–Crippen LogP) is 2.87. The van der Waals surface area contributed by atoms with E-state index in [-0.39, 0.29) is 11.3 Å². The number of nitrogens with one attached hydrogen (secondary N) is 1. The summed E-state index contributed by atoms with van der Waals surface area (Å²) in [5.41, 5.74) is 0.695. The maximum atomic E-state index is 11.8. The van der Waals surface area contributed by atoms with Gasteiger partial charge in [-0.05, 0) is 73.5 Å². The van der Waals surface area contributed by atoms with Gasteiger partial charge in [-0.25, -0.2) is 0 Å². The first-order valence-electron chi connectivity index (χ1n) is 8.92.